The molecule has 0 atom stereocenters. The van der Waals surface area contributed by atoms with E-state index in [-0.39, 0.29) is 11.3 Å². The Morgan fingerprint density at radius 1 is 1.07 bits per heavy atom. The van der Waals surface area contributed by atoms with Crippen molar-refractivity contribution in [3.63, 3.8) is 0 Å². The highest BCUT2D eigenvalue weighted by Crippen LogP contribution is 2.33. The number of thiazole rings is 1. The molecule has 7 heteroatoms. The van der Waals surface area contributed by atoms with E-state index in [9.17, 15) is 4.79 Å². The first-order valence-electron chi connectivity index (χ1n) is 9.15. The van der Waals surface area contributed by atoms with E-state index in [0.29, 0.717) is 11.4 Å². The topological polar surface area (TPSA) is 67.8 Å². The molecule has 0 aliphatic heterocycles. The zero-order valence-corrected chi connectivity index (χ0v) is 18.2. The van der Waals surface area contributed by atoms with E-state index in [4.69, 9.17) is 4.98 Å². The summed E-state index contributed by atoms with van der Waals surface area (Å²) in [5.74, 6) is 0.719. The van der Waals surface area contributed by atoms with Crippen molar-refractivity contribution in [1.82, 2.24) is 20.3 Å². The van der Waals surface area contributed by atoms with Crippen LogP contribution in [-0.4, -0.2) is 20.9 Å². The van der Waals surface area contributed by atoms with Gasteiger partial charge in [0.05, 0.1) is 27.3 Å². The Bertz CT molecular complexity index is 1170. The molecule has 0 bridgehead atoms. The second-order valence-electron chi connectivity index (χ2n) is 7.88. The molecule has 0 saturated carbocycles. The number of fused-ring (bicyclic) bond motifs is 2. The first-order chi connectivity index (χ1) is 13.2. The van der Waals surface area contributed by atoms with E-state index in [1.807, 2.05) is 38.1 Å². The van der Waals surface area contributed by atoms with E-state index in [0.717, 1.165) is 42.5 Å². The first kappa shape index (κ1) is 19.0. The number of hydrogen-bond donors (Lipinski definition) is 1. The van der Waals surface area contributed by atoms with Gasteiger partial charge in [-0.1, -0.05) is 32.9 Å². The highest BCUT2D eigenvalue weighted by molar-refractivity contribution is 7.20. The summed E-state index contributed by atoms with van der Waals surface area (Å²) in [5.41, 5.74) is 2.70. The molecule has 1 N–H and O–H groups in total. The number of para-hydroxylation sites is 1. The zero-order chi connectivity index (χ0) is 20.1. The van der Waals surface area contributed by atoms with Crippen molar-refractivity contribution < 1.29 is 4.79 Å². The van der Waals surface area contributed by atoms with Crippen LogP contribution in [0.1, 0.15) is 52.5 Å². The molecule has 3 heterocycles. The molecule has 0 radical (unpaired) electrons. The van der Waals surface area contributed by atoms with Gasteiger partial charge < -0.3 is 5.32 Å². The first-order valence-corrected chi connectivity index (χ1v) is 10.8. The Hall–Kier alpha value is -2.38. The average Bonchev–Trinajstić information content (AvgIpc) is 3.20. The Labute approximate surface area is 171 Å². The van der Waals surface area contributed by atoms with Gasteiger partial charge in [-0.25, -0.2) is 15.0 Å². The van der Waals surface area contributed by atoms with E-state index < -0.39 is 0 Å². The summed E-state index contributed by atoms with van der Waals surface area (Å²) in [6.45, 7) is 10.7. The lowest BCUT2D eigenvalue weighted by Crippen LogP contribution is -2.22. The molecule has 0 saturated heterocycles. The minimum Gasteiger partial charge on any atom is -0.345 e. The highest BCUT2D eigenvalue weighted by Gasteiger charge is 2.23. The van der Waals surface area contributed by atoms with Crippen LogP contribution in [0.15, 0.2) is 24.3 Å². The SMILES string of the molecule is Cc1nc(C(C)(C)C)nc2sc(C(=O)NCc3nc4ccccc4s3)c(C)c12. The van der Waals surface area contributed by atoms with Gasteiger partial charge >= 0.3 is 0 Å². The van der Waals surface area contributed by atoms with Crippen LogP contribution in [0.25, 0.3) is 20.4 Å². The third-order valence-electron chi connectivity index (χ3n) is 4.59. The molecule has 0 unspecified atom stereocenters. The molecular weight excluding hydrogens is 388 g/mol. The summed E-state index contributed by atoms with van der Waals surface area (Å²) < 4.78 is 1.13. The third-order valence-corrected chi connectivity index (χ3v) is 6.81. The van der Waals surface area contributed by atoms with Crippen molar-refractivity contribution in [2.45, 2.75) is 46.6 Å². The molecule has 144 valence electrons. The predicted octanol–water partition coefficient (Wildman–Crippen LogP) is 5.15. The number of aryl methyl sites for hydroxylation is 2. The van der Waals surface area contributed by atoms with Gasteiger partial charge in [-0.3, -0.25) is 4.79 Å². The van der Waals surface area contributed by atoms with Crippen molar-refractivity contribution in [2.75, 3.05) is 0 Å². The number of hydrogen-bond acceptors (Lipinski definition) is 6. The Morgan fingerprint density at radius 3 is 2.54 bits per heavy atom. The number of thiophene rings is 1. The summed E-state index contributed by atoms with van der Waals surface area (Å²) in [4.78, 5) is 28.4. The summed E-state index contributed by atoms with van der Waals surface area (Å²) in [6.07, 6.45) is 0. The maximum Gasteiger partial charge on any atom is 0.262 e. The standard InChI is InChI=1S/C21H22N4OS2/c1-11-16-12(2)23-20(21(3,4)5)25-19(16)28-17(11)18(26)22-10-15-24-13-8-6-7-9-14(13)27-15/h6-9H,10H2,1-5H3,(H,22,26). The molecule has 0 fully saturated rings. The average molecular weight is 411 g/mol. The molecule has 3 aromatic heterocycles. The van der Waals surface area contributed by atoms with Crippen LogP contribution >= 0.6 is 22.7 Å². The lowest BCUT2D eigenvalue weighted by molar-refractivity contribution is 0.0954. The van der Waals surface area contributed by atoms with Crippen molar-refractivity contribution in [3.8, 4) is 0 Å². The van der Waals surface area contributed by atoms with Crippen LogP contribution in [0.2, 0.25) is 0 Å². The van der Waals surface area contributed by atoms with Gasteiger partial charge in [0, 0.05) is 10.8 Å². The molecule has 0 spiro atoms. The number of rotatable bonds is 3. The largest absolute Gasteiger partial charge is 0.345 e. The Kier molecular flexibility index (Phi) is 4.67. The quantitative estimate of drug-likeness (QED) is 0.507. The monoisotopic (exact) mass is 410 g/mol. The fourth-order valence-corrected chi connectivity index (χ4v) is 5.18. The van der Waals surface area contributed by atoms with Gasteiger partial charge in [0.25, 0.3) is 5.91 Å². The zero-order valence-electron chi connectivity index (χ0n) is 16.6. The molecule has 0 aliphatic rings. The van der Waals surface area contributed by atoms with Crippen LogP contribution in [0, 0.1) is 13.8 Å². The van der Waals surface area contributed by atoms with Gasteiger partial charge in [-0.2, -0.15) is 0 Å². The number of nitrogens with one attached hydrogen (secondary N) is 1. The molecule has 0 aliphatic carbocycles. The smallest absolute Gasteiger partial charge is 0.262 e. The van der Waals surface area contributed by atoms with Gasteiger partial charge in [0.2, 0.25) is 0 Å². The minimum absolute atomic E-state index is 0.0866. The fraction of sp³-hybridized carbons (Fsp3) is 0.333. The van der Waals surface area contributed by atoms with Gasteiger partial charge in [0.15, 0.2) is 0 Å². The molecule has 28 heavy (non-hydrogen) atoms. The van der Waals surface area contributed by atoms with E-state index in [2.05, 4.69) is 36.1 Å². The predicted molar refractivity (Wildman–Crippen MR) is 116 cm³/mol. The van der Waals surface area contributed by atoms with Crippen molar-refractivity contribution in [2.24, 2.45) is 0 Å². The summed E-state index contributed by atoms with van der Waals surface area (Å²) >= 11 is 3.04. The highest BCUT2D eigenvalue weighted by atomic mass is 32.1. The van der Waals surface area contributed by atoms with E-state index >= 15 is 0 Å². The summed E-state index contributed by atoms with van der Waals surface area (Å²) in [5, 5.41) is 4.90. The van der Waals surface area contributed by atoms with Crippen LogP contribution in [-0.2, 0) is 12.0 Å². The number of carbonyl (C=O) groups is 1. The third kappa shape index (κ3) is 3.40. The van der Waals surface area contributed by atoms with Gasteiger partial charge in [-0.15, -0.1) is 22.7 Å². The molecule has 4 rings (SSSR count). The second kappa shape index (κ2) is 6.90. The van der Waals surface area contributed by atoms with Crippen molar-refractivity contribution in [1.29, 1.82) is 0 Å². The summed E-state index contributed by atoms with van der Waals surface area (Å²) in [7, 11) is 0. The van der Waals surface area contributed by atoms with Crippen LogP contribution < -0.4 is 5.32 Å². The van der Waals surface area contributed by atoms with Gasteiger partial charge in [-0.05, 0) is 31.5 Å². The number of carbonyl (C=O) groups excluding carboxylic acids is 1. The molecule has 1 amide bonds. The number of amides is 1. The van der Waals surface area contributed by atoms with Gasteiger partial charge in [0.1, 0.15) is 15.7 Å². The van der Waals surface area contributed by atoms with Crippen LogP contribution in [0.5, 0.6) is 0 Å². The molecular formula is C21H22N4OS2. The van der Waals surface area contributed by atoms with Crippen molar-refractivity contribution in [3.05, 3.63) is 51.2 Å². The Balaban J connectivity index is 1.61. The maximum absolute atomic E-state index is 12.8. The maximum atomic E-state index is 12.8. The van der Waals surface area contributed by atoms with E-state index in [1.165, 1.54) is 11.3 Å². The van der Waals surface area contributed by atoms with Crippen molar-refractivity contribution >= 4 is 49.0 Å². The fourth-order valence-electron chi connectivity index (χ4n) is 3.12. The Morgan fingerprint density at radius 2 is 1.82 bits per heavy atom. The molecule has 4 aromatic rings. The van der Waals surface area contributed by atoms with Crippen LogP contribution in [0.4, 0.5) is 0 Å². The second-order valence-corrected chi connectivity index (χ2v) is 9.99. The molecule has 5 nitrogen and oxygen atoms in total. The number of nitrogens with zero attached hydrogens (tertiary/aromatic N) is 3. The van der Waals surface area contributed by atoms with Crippen LogP contribution in [0.3, 0.4) is 0 Å². The molecule has 1 aromatic carbocycles. The number of aromatic nitrogens is 3. The summed E-state index contributed by atoms with van der Waals surface area (Å²) in [6, 6.07) is 8.00. The van der Waals surface area contributed by atoms with E-state index in [1.54, 1.807) is 11.3 Å². The number of benzene rings is 1. The lowest BCUT2D eigenvalue weighted by Gasteiger charge is -2.16. The lowest BCUT2D eigenvalue weighted by atomic mass is 9.95. The normalized spacial score (nSPS) is 12.0. The minimum atomic E-state index is -0.133.